The maximum absolute atomic E-state index is 13.0. The first-order valence-electron chi connectivity index (χ1n) is 10.0. The minimum absolute atomic E-state index is 0.00617. The van der Waals surface area contributed by atoms with Gasteiger partial charge in [0.1, 0.15) is 12.6 Å². The fourth-order valence-corrected chi connectivity index (χ4v) is 4.85. The molecule has 1 aromatic carbocycles. The number of likely N-dealkylation sites (tertiary alicyclic amines) is 1. The minimum Gasteiger partial charge on any atom is -0.445 e. The number of benzene rings is 1. The van der Waals surface area contributed by atoms with E-state index in [2.05, 4.69) is 16.9 Å². The van der Waals surface area contributed by atoms with Crippen LogP contribution in [0.15, 0.2) is 42.4 Å². The summed E-state index contributed by atoms with van der Waals surface area (Å²) in [6.45, 7) is 7.28. The summed E-state index contributed by atoms with van der Waals surface area (Å²) >= 11 is 1.57. The van der Waals surface area contributed by atoms with Crippen LogP contribution in [0.2, 0.25) is 0 Å². The van der Waals surface area contributed by atoms with Crippen LogP contribution < -0.4 is 5.32 Å². The maximum Gasteiger partial charge on any atom is 0.410 e. The Labute approximate surface area is 191 Å². The molecule has 1 aliphatic rings. The van der Waals surface area contributed by atoms with E-state index in [-0.39, 0.29) is 31.5 Å². The lowest BCUT2D eigenvalue weighted by Gasteiger charge is -2.24. The number of hydrogen-bond acceptors (Lipinski definition) is 7. The van der Waals surface area contributed by atoms with Crippen molar-refractivity contribution in [2.75, 3.05) is 13.2 Å². The molecule has 1 unspecified atom stereocenters. The van der Waals surface area contributed by atoms with Crippen molar-refractivity contribution in [3.63, 3.8) is 0 Å². The first-order valence-corrected chi connectivity index (χ1v) is 12.2. The summed E-state index contributed by atoms with van der Waals surface area (Å²) < 4.78 is 21.1. The van der Waals surface area contributed by atoms with E-state index < -0.39 is 26.5 Å². The van der Waals surface area contributed by atoms with Crippen LogP contribution in [0.1, 0.15) is 30.6 Å². The Balaban J connectivity index is 1.68. The molecule has 0 saturated carbocycles. The molecule has 4 atom stereocenters. The average Bonchev–Trinajstić information content (AvgIpc) is 3.38. The summed E-state index contributed by atoms with van der Waals surface area (Å²) in [6.07, 6.45) is 0.0898. The summed E-state index contributed by atoms with van der Waals surface area (Å²) in [5, 5.41) is 2.91. The number of hydrogen-bond donors (Lipinski definition) is 2. The lowest BCUT2D eigenvalue weighted by molar-refractivity contribution is -0.125. The van der Waals surface area contributed by atoms with Crippen molar-refractivity contribution in [1.82, 2.24) is 15.2 Å². The number of ether oxygens (including phenoxy) is 1. The molecule has 2 aromatic rings. The molecule has 1 saturated heterocycles. The number of aryl methyl sites for hydroxylation is 1. The molecule has 32 heavy (non-hydrogen) atoms. The molecule has 9 nitrogen and oxygen atoms in total. The third kappa shape index (κ3) is 5.83. The van der Waals surface area contributed by atoms with Crippen LogP contribution in [0, 0.1) is 6.92 Å². The van der Waals surface area contributed by atoms with E-state index >= 15 is 0 Å². The van der Waals surface area contributed by atoms with Gasteiger partial charge in [0.15, 0.2) is 0 Å². The first-order chi connectivity index (χ1) is 15.3. The van der Waals surface area contributed by atoms with Crippen molar-refractivity contribution in [2.24, 2.45) is 0 Å². The summed E-state index contributed by atoms with van der Waals surface area (Å²) in [7, 11) is -3.20. The molecule has 1 aliphatic heterocycles. The first kappa shape index (κ1) is 24.1. The van der Waals surface area contributed by atoms with Gasteiger partial charge in [-0.3, -0.25) is 14.3 Å². The van der Waals surface area contributed by atoms with Gasteiger partial charge in [0.05, 0.1) is 34.8 Å². The molecule has 0 aliphatic carbocycles. The van der Waals surface area contributed by atoms with E-state index in [0.29, 0.717) is 0 Å². The van der Waals surface area contributed by atoms with Gasteiger partial charge in [-0.05, 0) is 25.0 Å². The molecule has 2 amide bonds. The van der Waals surface area contributed by atoms with Gasteiger partial charge in [-0.1, -0.05) is 36.9 Å². The van der Waals surface area contributed by atoms with Crippen LogP contribution in [0.3, 0.4) is 0 Å². The molecule has 1 aromatic heterocycles. The van der Waals surface area contributed by atoms with Crippen molar-refractivity contribution < 1.29 is 28.3 Å². The zero-order valence-corrected chi connectivity index (χ0v) is 19.6. The van der Waals surface area contributed by atoms with Gasteiger partial charge in [-0.2, -0.15) is 0 Å². The zero-order valence-electron chi connectivity index (χ0n) is 17.8. The molecule has 11 heteroatoms. The van der Waals surface area contributed by atoms with Gasteiger partial charge in [0, 0.05) is 6.42 Å². The van der Waals surface area contributed by atoms with Crippen LogP contribution >= 0.6 is 19.6 Å². The van der Waals surface area contributed by atoms with Crippen LogP contribution in [0.5, 0.6) is 0 Å². The highest BCUT2D eigenvalue weighted by Crippen LogP contribution is 2.30. The topological polar surface area (TPSA) is 118 Å². The Hall–Kier alpha value is -2.52. The fraction of sp³-hybridized carbons (Fsp3) is 0.381. The molecular formula is C21H26N3O6PS. The quantitative estimate of drug-likeness (QED) is 0.440. The molecule has 0 spiro atoms. The molecular weight excluding hydrogens is 453 g/mol. The van der Waals surface area contributed by atoms with E-state index in [4.69, 9.17) is 14.2 Å². The second-order valence-corrected chi connectivity index (χ2v) is 9.02. The van der Waals surface area contributed by atoms with Crippen LogP contribution in [-0.4, -0.2) is 52.1 Å². The monoisotopic (exact) mass is 479 g/mol. The smallest absolute Gasteiger partial charge is 0.410 e. The van der Waals surface area contributed by atoms with Gasteiger partial charge in [0.25, 0.3) is 0 Å². The van der Waals surface area contributed by atoms with E-state index in [1.807, 2.05) is 38.1 Å². The minimum atomic E-state index is -3.20. The second-order valence-electron chi connectivity index (χ2n) is 7.39. The summed E-state index contributed by atoms with van der Waals surface area (Å²) in [4.78, 5) is 41.0. The third-order valence-corrected chi connectivity index (χ3v) is 6.68. The Morgan fingerprint density at radius 1 is 1.44 bits per heavy atom. The largest absolute Gasteiger partial charge is 0.445 e. The molecule has 0 radical (unpaired) electrons. The highest BCUT2D eigenvalue weighted by Gasteiger charge is 2.42. The number of aromatic nitrogens is 1. The number of nitrogens with zero attached hydrogens (tertiary/aromatic N) is 2. The highest BCUT2D eigenvalue weighted by molar-refractivity contribution is 7.32. The number of carbonyl (C=O) groups is 2. The second kappa shape index (κ2) is 10.9. The predicted molar refractivity (Wildman–Crippen MR) is 122 cm³/mol. The molecule has 0 bridgehead atoms. The number of amides is 2. The summed E-state index contributed by atoms with van der Waals surface area (Å²) in [5.41, 5.74) is 4.73. The number of nitrogens with one attached hydrogen (secondary N) is 1. The third-order valence-electron chi connectivity index (χ3n) is 5.17. The van der Waals surface area contributed by atoms with Gasteiger partial charge in [-0.15, -0.1) is 11.3 Å². The van der Waals surface area contributed by atoms with Gasteiger partial charge in [-0.25, -0.2) is 9.78 Å². The number of thiazole rings is 1. The Morgan fingerprint density at radius 2 is 2.16 bits per heavy atom. The van der Waals surface area contributed by atoms with Crippen molar-refractivity contribution >= 4 is 31.6 Å². The van der Waals surface area contributed by atoms with Gasteiger partial charge >= 0.3 is 14.3 Å². The van der Waals surface area contributed by atoms with E-state index in [9.17, 15) is 14.2 Å². The van der Waals surface area contributed by atoms with Crippen molar-refractivity contribution in [1.29, 1.82) is 0 Å². The number of rotatable bonds is 8. The lowest BCUT2D eigenvalue weighted by Crippen LogP contribution is -2.46. The maximum atomic E-state index is 13.0. The zero-order chi connectivity index (χ0) is 23.3. The average molecular weight is 479 g/mol. The van der Waals surface area contributed by atoms with E-state index in [0.717, 1.165) is 21.7 Å². The summed E-state index contributed by atoms with van der Waals surface area (Å²) in [6, 6.07) is 6.65. The standard InChI is InChI=1S/C21H26N3O6PS/c1-4-9-29-21(26)24-11-17(30-31(27)28)10-18(24)20(25)23-13(2)15-5-7-16(8-6-15)19-14(3)22-12-32-19/h4-8,12-13,17-18,31H,1,9-11H2,2-3H3,(H,23,25)(H,27,28)/t13-,17+,18-/m0/s1. The van der Waals surface area contributed by atoms with Crippen LogP contribution in [0.4, 0.5) is 4.79 Å². The van der Waals surface area contributed by atoms with Gasteiger partial charge in [0.2, 0.25) is 5.91 Å². The van der Waals surface area contributed by atoms with Crippen LogP contribution in [0.25, 0.3) is 10.4 Å². The van der Waals surface area contributed by atoms with E-state index in [1.54, 1.807) is 16.8 Å². The molecule has 1 fully saturated rings. The predicted octanol–water partition coefficient (Wildman–Crippen LogP) is 3.46. The Morgan fingerprint density at radius 3 is 2.75 bits per heavy atom. The highest BCUT2D eigenvalue weighted by atomic mass is 32.1. The van der Waals surface area contributed by atoms with Crippen molar-refractivity contribution in [3.05, 3.63) is 53.7 Å². The fourth-order valence-electron chi connectivity index (χ4n) is 3.58. The Bertz CT molecular complexity index is 996. The molecule has 2 heterocycles. The van der Waals surface area contributed by atoms with Crippen molar-refractivity contribution in [3.8, 4) is 10.4 Å². The Kier molecular flexibility index (Phi) is 8.20. The number of carbonyl (C=O) groups excluding carboxylic acids is 2. The molecule has 3 rings (SSSR count). The molecule has 172 valence electrons. The van der Waals surface area contributed by atoms with Crippen LogP contribution in [-0.2, 0) is 18.6 Å². The van der Waals surface area contributed by atoms with Crippen molar-refractivity contribution in [2.45, 2.75) is 38.5 Å². The van der Waals surface area contributed by atoms with Gasteiger partial charge < -0.3 is 19.5 Å². The molecule has 2 N–H and O–H groups in total. The SMILES string of the molecule is C=CCOC(=O)N1C[C@H](O[PH](=O)O)C[C@H]1C(=O)N[C@@H](C)c1ccc(-c2scnc2C)cc1. The van der Waals surface area contributed by atoms with E-state index in [1.165, 1.54) is 11.0 Å². The summed E-state index contributed by atoms with van der Waals surface area (Å²) in [5.74, 6) is -0.390. The normalized spacial score (nSPS) is 19.9. The lowest BCUT2D eigenvalue weighted by atomic mass is 10.0.